The van der Waals surface area contributed by atoms with E-state index < -0.39 is 0 Å². The molecular formula is C17H22BrN5. The molecule has 3 rings (SSSR count). The molecule has 2 aromatic rings. The van der Waals surface area contributed by atoms with Crippen molar-refractivity contribution in [3.8, 4) is 0 Å². The van der Waals surface area contributed by atoms with Crippen LogP contribution in [0.4, 0.5) is 11.6 Å². The summed E-state index contributed by atoms with van der Waals surface area (Å²) in [6.45, 7) is 2.91. The Morgan fingerprint density at radius 3 is 3.04 bits per heavy atom. The molecule has 0 radical (unpaired) electrons. The summed E-state index contributed by atoms with van der Waals surface area (Å²) in [6, 6.07) is 10.9. The third kappa shape index (κ3) is 4.20. The van der Waals surface area contributed by atoms with Crippen molar-refractivity contribution >= 4 is 27.6 Å². The largest absolute Gasteiger partial charge is 0.373 e. The summed E-state index contributed by atoms with van der Waals surface area (Å²) in [5, 5.41) is 6.66. The number of rotatable bonds is 6. The lowest BCUT2D eigenvalue weighted by molar-refractivity contribution is 0.570. The molecule has 0 bridgehead atoms. The lowest BCUT2D eigenvalue weighted by Crippen LogP contribution is -2.38. The second-order valence-corrected chi connectivity index (χ2v) is 6.68. The molecule has 1 unspecified atom stereocenters. The first-order valence-electron chi connectivity index (χ1n) is 7.98. The fraction of sp³-hybridized carbons (Fsp3) is 0.412. The fourth-order valence-corrected chi connectivity index (χ4v) is 3.47. The normalized spacial score (nSPS) is 17.5. The zero-order valence-electron chi connectivity index (χ0n) is 13.3. The van der Waals surface area contributed by atoms with Gasteiger partial charge in [-0.15, -0.1) is 0 Å². The van der Waals surface area contributed by atoms with Gasteiger partial charge in [0, 0.05) is 43.3 Å². The highest BCUT2D eigenvalue weighted by molar-refractivity contribution is 9.10. The molecule has 122 valence electrons. The maximum absolute atomic E-state index is 4.44. The SMILES string of the molecule is CNc1cc(N2CCCC2CNCc2cccc(Br)c2)ncn1. The number of aromatic nitrogens is 2. The predicted octanol–water partition coefficient (Wildman–Crippen LogP) is 3.04. The third-order valence-electron chi connectivity index (χ3n) is 4.18. The number of benzene rings is 1. The van der Waals surface area contributed by atoms with Gasteiger partial charge in [0.25, 0.3) is 0 Å². The van der Waals surface area contributed by atoms with Gasteiger partial charge in [-0.05, 0) is 30.5 Å². The van der Waals surface area contributed by atoms with Crippen LogP contribution in [0.15, 0.2) is 41.1 Å². The monoisotopic (exact) mass is 375 g/mol. The minimum Gasteiger partial charge on any atom is -0.373 e. The van der Waals surface area contributed by atoms with Crippen LogP contribution in [0.2, 0.25) is 0 Å². The third-order valence-corrected chi connectivity index (χ3v) is 4.67. The number of anilines is 2. The van der Waals surface area contributed by atoms with Gasteiger partial charge in [-0.2, -0.15) is 0 Å². The van der Waals surface area contributed by atoms with Crippen LogP contribution in [-0.4, -0.2) is 36.1 Å². The van der Waals surface area contributed by atoms with Crippen molar-refractivity contribution in [1.82, 2.24) is 15.3 Å². The van der Waals surface area contributed by atoms with Crippen molar-refractivity contribution in [2.45, 2.75) is 25.4 Å². The van der Waals surface area contributed by atoms with Gasteiger partial charge in [-0.1, -0.05) is 28.1 Å². The van der Waals surface area contributed by atoms with Crippen molar-refractivity contribution in [2.75, 3.05) is 30.4 Å². The Bertz CT molecular complexity index is 648. The summed E-state index contributed by atoms with van der Waals surface area (Å²) in [4.78, 5) is 11.0. The smallest absolute Gasteiger partial charge is 0.134 e. The van der Waals surface area contributed by atoms with Crippen molar-refractivity contribution in [3.05, 3.63) is 46.7 Å². The van der Waals surface area contributed by atoms with Crippen LogP contribution in [0.25, 0.3) is 0 Å². The minimum atomic E-state index is 0.488. The number of hydrogen-bond acceptors (Lipinski definition) is 5. The summed E-state index contributed by atoms with van der Waals surface area (Å²) in [6.07, 6.45) is 4.04. The summed E-state index contributed by atoms with van der Waals surface area (Å²) in [7, 11) is 1.88. The van der Waals surface area contributed by atoms with E-state index in [0.29, 0.717) is 6.04 Å². The van der Waals surface area contributed by atoms with Gasteiger partial charge >= 0.3 is 0 Å². The van der Waals surface area contributed by atoms with Gasteiger partial charge in [-0.3, -0.25) is 0 Å². The number of nitrogens with zero attached hydrogens (tertiary/aromatic N) is 3. The van der Waals surface area contributed by atoms with Gasteiger partial charge < -0.3 is 15.5 Å². The standard InChI is InChI=1S/C17H22BrN5/c1-19-16-9-17(22-12-21-16)23-7-3-6-15(23)11-20-10-13-4-2-5-14(18)8-13/h2,4-5,8-9,12,15,20H,3,6-7,10-11H2,1H3,(H,19,21,22). The van der Waals surface area contributed by atoms with E-state index in [9.17, 15) is 0 Å². The highest BCUT2D eigenvalue weighted by Crippen LogP contribution is 2.24. The van der Waals surface area contributed by atoms with Gasteiger partial charge in [0.2, 0.25) is 0 Å². The molecule has 2 heterocycles. The first-order valence-corrected chi connectivity index (χ1v) is 8.77. The zero-order valence-corrected chi connectivity index (χ0v) is 14.9. The highest BCUT2D eigenvalue weighted by Gasteiger charge is 2.25. The van der Waals surface area contributed by atoms with Crippen LogP contribution in [0, 0.1) is 0 Å². The van der Waals surface area contributed by atoms with E-state index in [2.05, 4.69) is 65.7 Å². The van der Waals surface area contributed by atoms with E-state index in [1.54, 1.807) is 6.33 Å². The molecule has 2 N–H and O–H groups in total. The van der Waals surface area contributed by atoms with Crippen molar-refractivity contribution in [3.63, 3.8) is 0 Å². The summed E-state index contributed by atoms with van der Waals surface area (Å²) in [5.74, 6) is 1.87. The fourth-order valence-electron chi connectivity index (χ4n) is 3.02. The second kappa shape index (κ2) is 7.75. The Morgan fingerprint density at radius 2 is 2.22 bits per heavy atom. The van der Waals surface area contributed by atoms with Gasteiger partial charge in [0.1, 0.15) is 18.0 Å². The maximum atomic E-state index is 4.44. The highest BCUT2D eigenvalue weighted by atomic mass is 79.9. The molecule has 0 spiro atoms. The van der Waals surface area contributed by atoms with E-state index in [0.717, 1.165) is 35.7 Å². The van der Waals surface area contributed by atoms with Crippen molar-refractivity contribution in [1.29, 1.82) is 0 Å². The molecule has 1 aromatic carbocycles. The Labute approximate surface area is 145 Å². The number of hydrogen-bond donors (Lipinski definition) is 2. The Hall–Kier alpha value is -1.66. The maximum Gasteiger partial charge on any atom is 0.134 e. The van der Waals surface area contributed by atoms with Crippen molar-refractivity contribution in [2.24, 2.45) is 0 Å². The molecule has 5 nitrogen and oxygen atoms in total. The molecule has 1 fully saturated rings. The quantitative estimate of drug-likeness (QED) is 0.812. The molecule has 1 aliphatic rings. The Morgan fingerprint density at radius 1 is 1.30 bits per heavy atom. The zero-order chi connectivity index (χ0) is 16.1. The molecule has 0 amide bonds. The molecule has 1 saturated heterocycles. The second-order valence-electron chi connectivity index (χ2n) is 5.76. The average Bonchev–Trinajstić information content (AvgIpc) is 3.03. The number of halogens is 1. The number of nitrogens with one attached hydrogen (secondary N) is 2. The first-order chi connectivity index (χ1) is 11.3. The molecule has 0 aliphatic carbocycles. The van der Waals surface area contributed by atoms with Crippen LogP contribution >= 0.6 is 15.9 Å². The van der Waals surface area contributed by atoms with Gasteiger partial charge in [0.05, 0.1) is 0 Å². The Kier molecular flexibility index (Phi) is 5.46. The van der Waals surface area contributed by atoms with Crippen LogP contribution < -0.4 is 15.5 Å². The molecular weight excluding hydrogens is 354 g/mol. The van der Waals surface area contributed by atoms with Crippen molar-refractivity contribution < 1.29 is 0 Å². The average molecular weight is 376 g/mol. The van der Waals surface area contributed by atoms with E-state index in [1.807, 2.05) is 13.1 Å². The summed E-state index contributed by atoms with van der Waals surface area (Å²) in [5.41, 5.74) is 1.29. The first kappa shape index (κ1) is 16.2. The topological polar surface area (TPSA) is 53.1 Å². The molecule has 1 aromatic heterocycles. The van der Waals surface area contributed by atoms with E-state index in [1.165, 1.54) is 18.4 Å². The lowest BCUT2D eigenvalue weighted by Gasteiger charge is -2.26. The van der Waals surface area contributed by atoms with Gasteiger partial charge in [0.15, 0.2) is 0 Å². The lowest BCUT2D eigenvalue weighted by atomic mass is 10.2. The van der Waals surface area contributed by atoms with Crippen LogP contribution in [0.5, 0.6) is 0 Å². The minimum absolute atomic E-state index is 0.488. The van der Waals surface area contributed by atoms with Crippen LogP contribution in [0.1, 0.15) is 18.4 Å². The molecule has 23 heavy (non-hydrogen) atoms. The van der Waals surface area contributed by atoms with E-state index >= 15 is 0 Å². The van der Waals surface area contributed by atoms with E-state index in [4.69, 9.17) is 0 Å². The molecule has 0 saturated carbocycles. The van der Waals surface area contributed by atoms with Crippen LogP contribution in [-0.2, 0) is 6.54 Å². The predicted molar refractivity (Wildman–Crippen MR) is 97.8 cm³/mol. The summed E-state index contributed by atoms with van der Waals surface area (Å²) >= 11 is 3.52. The summed E-state index contributed by atoms with van der Waals surface area (Å²) < 4.78 is 1.12. The van der Waals surface area contributed by atoms with Crippen LogP contribution in [0.3, 0.4) is 0 Å². The Balaban J connectivity index is 1.58. The van der Waals surface area contributed by atoms with E-state index in [-0.39, 0.29) is 0 Å². The molecule has 1 atom stereocenters. The molecule has 1 aliphatic heterocycles. The molecule has 6 heteroatoms. The van der Waals surface area contributed by atoms with Gasteiger partial charge in [-0.25, -0.2) is 9.97 Å².